The van der Waals surface area contributed by atoms with Gasteiger partial charge in [-0.05, 0) is 65.7 Å². The first-order valence-electron chi connectivity index (χ1n) is 21.9. The average molecular weight is 844 g/mol. The van der Waals surface area contributed by atoms with Gasteiger partial charge in [0.25, 0.3) is 0 Å². The van der Waals surface area contributed by atoms with Crippen molar-refractivity contribution in [1.82, 2.24) is 24.5 Å². The highest BCUT2D eigenvalue weighted by Crippen LogP contribution is 2.53. The molecule has 2 saturated carbocycles. The lowest BCUT2D eigenvalue weighted by molar-refractivity contribution is -0.174. The fraction of sp³-hybridized carbons (Fsp3) is 0.617. The van der Waals surface area contributed by atoms with E-state index in [1.165, 1.54) is 40.7 Å². The number of carboxylic acids is 1. The molecule has 1 N–H and O–H groups in total. The topological polar surface area (TPSA) is 157 Å². The number of ether oxygens (including phenoxy) is 2. The largest absolute Gasteiger partial charge is 0.481 e. The van der Waals surface area contributed by atoms with Gasteiger partial charge in [0.2, 0.25) is 23.6 Å². The molecule has 2 aromatic rings. The molecular weight excluding hydrogens is 779 g/mol. The monoisotopic (exact) mass is 843 g/mol. The molecule has 4 atom stereocenters. The molecule has 2 aromatic carbocycles. The smallest absolute Gasteiger partial charge is 0.410 e. The van der Waals surface area contributed by atoms with E-state index in [4.69, 9.17) is 9.47 Å². The van der Waals surface area contributed by atoms with Crippen LogP contribution in [0.1, 0.15) is 103 Å². The molecule has 0 unspecified atom stereocenters. The second-order valence-corrected chi connectivity index (χ2v) is 18.7. The third kappa shape index (κ3) is 8.87. The second-order valence-electron chi connectivity index (χ2n) is 18.7. The van der Waals surface area contributed by atoms with E-state index in [1.807, 2.05) is 52.0 Å². The first-order chi connectivity index (χ1) is 28.8. The summed E-state index contributed by atoms with van der Waals surface area (Å²) >= 11 is 0. The summed E-state index contributed by atoms with van der Waals surface area (Å²) in [7, 11) is 7.57. The van der Waals surface area contributed by atoms with E-state index in [2.05, 4.69) is 24.3 Å². The molecule has 4 aliphatic rings. The Hall–Kier alpha value is -4.98. The number of carbonyl (C=O) groups excluding carboxylic acids is 5. The van der Waals surface area contributed by atoms with Crippen LogP contribution >= 0.6 is 0 Å². The maximum Gasteiger partial charge on any atom is 0.410 e. The highest BCUT2D eigenvalue weighted by molar-refractivity contribution is 5.98. The van der Waals surface area contributed by atoms with Gasteiger partial charge in [0.05, 0.1) is 25.2 Å². The van der Waals surface area contributed by atoms with Crippen LogP contribution in [-0.4, -0.2) is 150 Å². The first-order valence-corrected chi connectivity index (χ1v) is 21.9. The van der Waals surface area contributed by atoms with Crippen LogP contribution < -0.4 is 0 Å². The van der Waals surface area contributed by atoms with Crippen molar-refractivity contribution in [3.8, 4) is 11.1 Å². The van der Waals surface area contributed by atoms with Crippen molar-refractivity contribution < 1.29 is 43.3 Å². The van der Waals surface area contributed by atoms with Gasteiger partial charge in [-0.2, -0.15) is 0 Å². The minimum atomic E-state index is -1.35. The molecule has 5 amide bonds. The lowest BCUT2D eigenvalue weighted by atomic mass is 9.57. The lowest BCUT2D eigenvalue weighted by Crippen LogP contribution is -2.71. The van der Waals surface area contributed by atoms with Crippen LogP contribution in [0.4, 0.5) is 4.79 Å². The van der Waals surface area contributed by atoms with Gasteiger partial charge >= 0.3 is 12.1 Å². The maximum absolute atomic E-state index is 15.2. The van der Waals surface area contributed by atoms with Crippen molar-refractivity contribution in [1.29, 1.82) is 0 Å². The Labute approximate surface area is 360 Å². The van der Waals surface area contributed by atoms with Crippen LogP contribution in [0.25, 0.3) is 11.1 Å². The van der Waals surface area contributed by atoms with Crippen molar-refractivity contribution >= 4 is 35.7 Å². The number of nitrogens with zero attached hydrogens (tertiary/aromatic N) is 5. The van der Waals surface area contributed by atoms with Crippen LogP contribution in [0.2, 0.25) is 0 Å². The number of likely N-dealkylation sites (tertiary alicyclic amines) is 1. The molecule has 1 aliphatic heterocycles. The molecular formula is C47H65N5O9. The van der Waals surface area contributed by atoms with Gasteiger partial charge in [-0.25, -0.2) is 4.79 Å². The number of hydrogen-bond donors (Lipinski definition) is 1. The maximum atomic E-state index is 15.2. The number of amides is 5. The number of rotatable bonds is 16. The summed E-state index contributed by atoms with van der Waals surface area (Å²) in [6, 6.07) is 12.9. The van der Waals surface area contributed by atoms with Crippen molar-refractivity contribution in [2.45, 2.75) is 127 Å². The Morgan fingerprint density at radius 2 is 1.39 bits per heavy atom. The molecule has 3 fully saturated rings. The average Bonchev–Trinajstić information content (AvgIpc) is 3.78. The predicted molar refractivity (Wildman–Crippen MR) is 229 cm³/mol. The Morgan fingerprint density at radius 1 is 0.820 bits per heavy atom. The molecule has 1 saturated heterocycles. The van der Waals surface area contributed by atoms with Crippen molar-refractivity contribution in [3.63, 3.8) is 0 Å². The molecule has 0 radical (unpaired) electrons. The van der Waals surface area contributed by atoms with Gasteiger partial charge in [-0.3, -0.25) is 28.9 Å². The molecule has 332 valence electrons. The molecule has 3 aliphatic carbocycles. The van der Waals surface area contributed by atoms with E-state index in [1.54, 1.807) is 14.1 Å². The van der Waals surface area contributed by atoms with Crippen molar-refractivity contribution in [3.05, 3.63) is 59.7 Å². The standard InChI is InChI=1S/C47H65N5O9/c1-10-29(11-2)40(43(57)49(7)37(24-39(53)54)41(55)48(5)6)50(8)44(58)47(27-46(3,4)28-47)51(9)42(56)38-23-31(61-30-17-16-18-30)25-52(38)45(59)60-26-36-34-21-14-12-19-32(34)33-20-13-15-22-35(33)36/h12-15,19-22,29-31,36-38,40H,10-11,16-18,23-28H2,1-9H3,(H,53,54)/t31-,37+,38+,40+/m1/s1. The van der Waals surface area contributed by atoms with Gasteiger partial charge in [0.1, 0.15) is 30.3 Å². The second kappa shape index (κ2) is 18.2. The number of benzene rings is 2. The normalized spacial score (nSPS) is 21.0. The fourth-order valence-electron chi connectivity index (χ4n) is 10.4. The van der Waals surface area contributed by atoms with Crippen LogP contribution in [0.3, 0.4) is 0 Å². The Morgan fingerprint density at radius 3 is 1.89 bits per heavy atom. The SMILES string of the molecule is CCC(CC)[C@@H](C(=O)N(C)[C@@H](CC(=O)O)C(=O)N(C)C)N(C)C(=O)C1(N(C)C(=O)[C@@H]2C[C@@H](OC3CCC3)CN2C(=O)OCC2c3ccccc3-c3ccccc32)CC(C)(C)C1. The molecule has 61 heavy (non-hydrogen) atoms. The molecule has 14 heteroatoms. The van der Waals surface area contributed by atoms with Gasteiger partial charge < -0.3 is 34.2 Å². The molecule has 6 rings (SSSR count). The zero-order valence-corrected chi connectivity index (χ0v) is 37.4. The summed E-state index contributed by atoms with van der Waals surface area (Å²) < 4.78 is 12.5. The van der Waals surface area contributed by atoms with Crippen molar-refractivity contribution in [2.75, 3.05) is 48.4 Å². The number of fused-ring (bicyclic) bond motifs is 3. The van der Waals surface area contributed by atoms with E-state index in [0.29, 0.717) is 25.7 Å². The number of hydrogen-bond acceptors (Lipinski definition) is 8. The van der Waals surface area contributed by atoms with E-state index in [-0.39, 0.29) is 42.9 Å². The molecule has 14 nitrogen and oxygen atoms in total. The summed E-state index contributed by atoms with van der Waals surface area (Å²) in [6.07, 6.45) is 3.28. The van der Waals surface area contributed by atoms with Crippen LogP contribution in [0, 0.1) is 11.3 Å². The lowest BCUT2D eigenvalue weighted by Gasteiger charge is -2.58. The number of carbonyl (C=O) groups is 6. The third-order valence-corrected chi connectivity index (χ3v) is 13.9. The first kappa shape index (κ1) is 45.5. The van der Waals surface area contributed by atoms with Gasteiger partial charge in [0, 0.05) is 47.6 Å². The minimum Gasteiger partial charge on any atom is -0.481 e. The number of aliphatic carboxylic acids is 1. The Kier molecular flexibility index (Phi) is 13.6. The molecule has 0 aromatic heterocycles. The highest BCUT2D eigenvalue weighted by atomic mass is 16.6. The quantitative estimate of drug-likeness (QED) is 0.227. The van der Waals surface area contributed by atoms with Gasteiger partial charge in [-0.1, -0.05) is 89.1 Å². The zero-order chi connectivity index (χ0) is 44.6. The number of carboxylic acid groups (broad SMARTS) is 1. The predicted octanol–water partition coefficient (Wildman–Crippen LogP) is 5.62. The summed E-state index contributed by atoms with van der Waals surface area (Å²) in [5.41, 5.74) is 2.69. The van der Waals surface area contributed by atoms with Crippen molar-refractivity contribution in [2.24, 2.45) is 11.3 Å². The Bertz CT molecular complexity index is 1940. The zero-order valence-electron chi connectivity index (χ0n) is 37.4. The third-order valence-electron chi connectivity index (χ3n) is 13.9. The van der Waals surface area contributed by atoms with E-state index in [0.717, 1.165) is 46.4 Å². The summed E-state index contributed by atoms with van der Waals surface area (Å²) in [6.45, 7) is 8.15. The Balaban J connectivity index is 1.27. The molecule has 0 bridgehead atoms. The van der Waals surface area contributed by atoms with E-state index < -0.39 is 71.9 Å². The highest BCUT2D eigenvalue weighted by Gasteiger charge is 2.61. The fourth-order valence-corrected chi connectivity index (χ4v) is 10.4. The van der Waals surface area contributed by atoms with Crippen LogP contribution in [-0.2, 0) is 33.4 Å². The van der Waals surface area contributed by atoms with E-state index in [9.17, 15) is 24.3 Å². The van der Waals surface area contributed by atoms with E-state index >= 15 is 9.59 Å². The number of likely N-dealkylation sites (N-methyl/N-ethyl adjacent to an activating group) is 4. The molecule has 0 spiro atoms. The summed E-state index contributed by atoms with van der Waals surface area (Å²) in [5.74, 6) is -3.68. The summed E-state index contributed by atoms with van der Waals surface area (Å²) in [5, 5.41) is 9.71. The van der Waals surface area contributed by atoms with Crippen LogP contribution in [0.5, 0.6) is 0 Å². The van der Waals surface area contributed by atoms with Gasteiger partial charge in [0.15, 0.2) is 0 Å². The summed E-state index contributed by atoms with van der Waals surface area (Å²) in [4.78, 5) is 90.9. The minimum absolute atomic E-state index is 0.0655. The molecule has 1 heterocycles. The van der Waals surface area contributed by atoms with Gasteiger partial charge in [-0.15, -0.1) is 0 Å². The van der Waals surface area contributed by atoms with Crippen LogP contribution in [0.15, 0.2) is 48.5 Å².